The molecule has 0 atom stereocenters. The molecule has 0 spiro atoms. The lowest BCUT2D eigenvalue weighted by Gasteiger charge is -1.70. The number of hydrogen-bond acceptors (Lipinski definition) is 2. The van der Waals surface area contributed by atoms with E-state index in [1.54, 1.807) is 12.4 Å². The fourth-order valence-corrected chi connectivity index (χ4v) is 0.313. The summed E-state index contributed by atoms with van der Waals surface area (Å²) in [5.41, 5.74) is 0. The summed E-state index contributed by atoms with van der Waals surface area (Å²) in [5, 5.41) is 0. The lowest BCUT2D eigenvalue weighted by Crippen LogP contribution is -1.58. The van der Waals surface area contributed by atoms with E-state index in [0.717, 1.165) is 6.29 Å². The third-order valence-electron chi connectivity index (χ3n) is 0.566. The van der Waals surface area contributed by atoms with Gasteiger partial charge in [-0.2, -0.15) is 0 Å². The standard InChI is InChI=1S/C5H5N.C3H8.C2H4O.C2H6/c1-2-4-6-5-3-1;1-3-2;1-2-3;1-2/h1-5H;3H2,1-2H3;2H,1H3;1-2H3. The predicted molar refractivity (Wildman–Crippen MR) is 63.3 cm³/mol. The van der Waals surface area contributed by atoms with E-state index in [9.17, 15) is 0 Å². The Balaban J connectivity index is -0.000000132. The Morgan fingerprint density at radius 2 is 1.36 bits per heavy atom. The number of aromatic nitrogens is 1. The molecule has 2 nitrogen and oxygen atoms in total. The van der Waals surface area contributed by atoms with Crippen molar-refractivity contribution in [3.05, 3.63) is 30.6 Å². The Labute approximate surface area is 88.4 Å². The van der Waals surface area contributed by atoms with Crippen molar-refractivity contribution in [2.75, 3.05) is 0 Å². The molecule has 0 bridgehead atoms. The molecule has 0 aliphatic carbocycles. The molecule has 0 fully saturated rings. The van der Waals surface area contributed by atoms with Gasteiger partial charge < -0.3 is 4.79 Å². The van der Waals surface area contributed by atoms with Crippen molar-refractivity contribution in [1.82, 2.24) is 4.98 Å². The highest BCUT2D eigenvalue weighted by Gasteiger charge is 1.58. The van der Waals surface area contributed by atoms with Crippen LogP contribution in [-0.2, 0) is 4.79 Å². The number of hydrogen-bond donors (Lipinski definition) is 0. The first kappa shape index (κ1) is 18.6. The van der Waals surface area contributed by atoms with Crippen LogP contribution < -0.4 is 0 Å². The summed E-state index contributed by atoms with van der Waals surface area (Å²) in [6.07, 6.45) is 5.50. The van der Waals surface area contributed by atoms with Crippen molar-refractivity contribution in [1.29, 1.82) is 0 Å². The molecule has 0 N–H and O–H groups in total. The van der Waals surface area contributed by atoms with E-state index in [1.807, 2.05) is 32.0 Å². The van der Waals surface area contributed by atoms with Gasteiger partial charge in [0, 0.05) is 12.4 Å². The van der Waals surface area contributed by atoms with Crippen molar-refractivity contribution in [3.8, 4) is 0 Å². The summed E-state index contributed by atoms with van der Waals surface area (Å²) < 4.78 is 0. The summed E-state index contributed by atoms with van der Waals surface area (Å²) in [6.45, 7) is 9.69. The quantitative estimate of drug-likeness (QED) is 0.593. The molecule has 0 amide bonds. The van der Waals surface area contributed by atoms with Gasteiger partial charge >= 0.3 is 0 Å². The molecule has 1 aromatic heterocycles. The molecule has 1 heterocycles. The highest BCUT2D eigenvalue weighted by atomic mass is 16.1. The minimum atomic E-state index is 0.750. The first-order valence-electron chi connectivity index (χ1n) is 5.08. The van der Waals surface area contributed by atoms with Crippen molar-refractivity contribution in [2.24, 2.45) is 0 Å². The molecular weight excluding hydrogens is 174 g/mol. The van der Waals surface area contributed by atoms with E-state index in [0.29, 0.717) is 0 Å². The lowest BCUT2D eigenvalue weighted by molar-refractivity contribution is -0.106. The van der Waals surface area contributed by atoms with Gasteiger partial charge in [-0.15, -0.1) is 0 Å². The smallest absolute Gasteiger partial charge is 0.116 e. The molecule has 0 aliphatic heterocycles. The van der Waals surface area contributed by atoms with E-state index in [4.69, 9.17) is 4.79 Å². The molecule has 1 aromatic rings. The Kier molecular flexibility index (Phi) is 39.5. The first-order valence-corrected chi connectivity index (χ1v) is 5.08. The monoisotopic (exact) mass is 197 g/mol. The molecule has 1 rings (SSSR count). The van der Waals surface area contributed by atoms with Gasteiger partial charge in [-0.25, -0.2) is 0 Å². The second-order valence-electron chi connectivity index (χ2n) is 1.97. The fourth-order valence-electron chi connectivity index (χ4n) is 0.313. The van der Waals surface area contributed by atoms with Gasteiger partial charge in [0.25, 0.3) is 0 Å². The lowest BCUT2D eigenvalue weighted by atomic mass is 10.5. The van der Waals surface area contributed by atoms with Crippen molar-refractivity contribution < 1.29 is 4.79 Å². The first-order chi connectivity index (χ1) is 6.83. The summed E-state index contributed by atoms with van der Waals surface area (Å²) in [7, 11) is 0. The van der Waals surface area contributed by atoms with E-state index in [-0.39, 0.29) is 0 Å². The SMILES string of the molecule is CC.CC=O.CCC.c1ccncc1. The maximum atomic E-state index is 8.81. The normalized spacial score (nSPS) is 6.07. The molecule has 0 saturated carbocycles. The van der Waals surface area contributed by atoms with E-state index in [1.165, 1.54) is 13.3 Å². The number of nitrogens with zero attached hydrogens (tertiary/aromatic N) is 1. The summed E-state index contributed by atoms with van der Waals surface area (Å²) in [6, 6.07) is 5.72. The minimum absolute atomic E-state index is 0.750. The Morgan fingerprint density at radius 1 is 1.07 bits per heavy atom. The predicted octanol–water partition coefficient (Wildman–Crippen LogP) is 3.73. The third-order valence-corrected chi connectivity index (χ3v) is 0.566. The summed E-state index contributed by atoms with van der Waals surface area (Å²) in [4.78, 5) is 12.6. The van der Waals surface area contributed by atoms with Crippen molar-refractivity contribution in [3.63, 3.8) is 0 Å². The van der Waals surface area contributed by atoms with Crippen molar-refractivity contribution >= 4 is 6.29 Å². The van der Waals surface area contributed by atoms with Crippen LogP contribution in [0.4, 0.5) is 0 Å². The summed E-state index contributed by atoms with van der Waals surface area (Å²) in [5.74, 6) is 0. The van der Waals surface area contributed by atoms with E-state index in [2.05, 4.69) is 18.8 Å². The maximum Gasteiger partial charge on any atom is 0.116 e. The molecule has 0 unspecified atom stereocenters. The molecule has 0 aliphatic rings. The van der Waals surface area contributed by atoms with Crippen LogP contribution in [0.25, 0.3) is 0 Å². The molecule has 2 heteroatoms. The maximum absolute atomic E-state index is 8.81. The highest BCUT2D eigenvalue weighted by Crippen LogP contribution is 1.73. The van der Waals surface area contributed by atoms with Crippen LogP contribution in [0.2, 0.25) is 0 Å². The van der Waals surface area contributed by atoms with E-state index < -0.39 is 0 Å². The third kappa shape index (κ3) is 44.9. The zero-order chi connectivity index (χ0) is 11.7. The molecule has 0 aromatic carbocycles. The topological polar surface area (TPSA) is 30.0 Å². The number of carbonyl (C=O) groups excluding carboxylic acids is 1. The van der Waals surface area contributed by atoms with Crippen LogP contribution in [0.5, 0.6) is 0 Å². The number of pyridine rings is 1. The van der Waals surface area contributed by atoms with Crippen LogP contribution in [0.1, 0.15) is 41.0 Å². The fraction of sp³-hybridized carbons (Fsp3) is 0.500. The second kappa shape index (κ2) is 29.8. The zero-order valence-electron chi connectivity index (χ0n) is 10.0. The average molecular weight is 197 g/mol. The summed E-state index contributed by atoms with van der Waals surface area (Å²) >= 11 is 0. The van der Waals surface area contributed by atoms with Gasteiger partial charge in [0.15, 0.2) is 0 Å². The molecule has 0 saturated heterocycles. The molecular formula is C12H23NO. The largest absolute Gasteiger partial charge is 0.304 e. The molecule has 0 radical (unpaired) electrons. The minimum Gasteiger partial charge on any atom is -0.304 e. The average Bonchev–Trinajstić information content (AvgIpc) is 2.26. The van der Waals surface area contributed by atoms with Crippen LogP contribution in [0.15, 0.2) is 30.6 Å². The zero-order valence-corrected chi connectivity index (χ0v) is 10.0. The number of aldehydes is 1. The van der Waals surface area contributed by atoms with Crippen molar-refractivity contribution in [2.45, 2.75) is 41.0 Å². The Morgan fingerprint density at radius 3 is 1.43 bits per heavy atom. The Hall–Kier alpha value is -1.18. The molecule has 82 valence electrons. The van der Waals surface area contributed by atoms with Gasteiger partial charge in [0.2, 0.25) is 0 Å². The van der Waals surface area contributed by atoms with Gasteiger partial charge in [0.1, 0.15) is 6.29 Å². The number of carbonyl (C=O) groups is 1. The Bertz CT molecular complexity index is 125. The second-order valence-corrected chi connectivity index (χ2v) is 1.97. The van der Waals surface area contributed by atoms with Crippen LogP contribution >= 0.6 is 0 Å². The number of rotatable bonds is 0. The van der Waals surface area contributed by atoms with Gasteiger partial charge in [-0.3, -0.25) is 4.98 Å². The van der Waals surface area contributed by atoms with Crippen LogP contribution in [0, 0.1) is 0 Å². The van der Waals surface area contributed by atoms with Crippen LogP contribution in [0.3, 0.4) is 0 Å². The van der Waals surface area contributed by atoms with Gasteiger partial charge in [-0.1, -0.05) is 40.2 Å². The van der Waals surface area contributed by atoms with E-state index >= 15 is 0 Å². The van der Waals surface area contributed by atoms with Gasteiger partial charge in [0.05, 0.1) is 0 Å². The highest BCUT2D eigenvalue weighted by molar-refractivity contribution is 5.44. The van der Waals surface area contributed by atoms with Gasteiger partial charge in [-0.05, 0) is 19.1 Å². The molecule has 14 heavy (non-hydrogen) atoms. The van der Waals surface area contributed by atoms with Crippen LogP contribution in [-0.4, -0.2) is 11.3 Å².